The van der Waals surface area contributed by atoms with Crippen molar-refractivity contribution in [1.82, 2.24) is 0 Å². The second kappa shape index (κ2) is 7.39. The molecular formula is C16H19O3P. The minimum Gasteiger partial charge on any atom is -0.467 e. The number of aliphatic hydroxyl groups excluding tert-OH is 1. The van der Waals surface area contributed by atoms with Crippen LogP contribution in [0.15, 0.2) is 42.5 Å². The summed E-state index contributed by atoms with van der Waals surface area (Å²) in [5.41, 5.74) is 2.14. The van der Waals surface area contributed by atoms with E-state index in [4.69, 9.17) is 9.47 Å². The smallest absolute Gasteiger partial charge is 0.188 e. The third-order valence-electron chi connectivity index (χ3n) is 2.92. The van der Waals surface area contributed by atoms with Gasteiger partial charge in [-0.25, -0.2) is 0 Å². The monoisotopic (exact) mass is 290 g/mol. The number of rotatable bonds is 6. The molecule has 2 aromatic carbocycles. The average molecular weight is 290 g/mol. The maximum Gasteiger partial charge on any atom is 0.188 e. The zero-order chi connectivity index (χ0) is 14.4. The Morgan fingerprint density at radius 1 is 1.10 bits per heavy atom. The van der Waals surface area contributed by atoms with Gasteiger partial charge in [-0.3, -0.25) is 0 Å². The van der Waals surface area contributed by atoms with E-state index in [0.29, 0.717) is 8.58 Å². The first-order chi connectivity index (χ1) is 9.74. The number of benzene rings is 2. The van der Waals surface area contributed by atoms with Crippen LogP contribution in [-0.4, -0.2) is 19.0 Å². The highest BCUT2D eigenvalue weighted by atomic mass is 31.1. The van der Waals surface area contributed by atoms with Crippen molar-refractivity contribution in [1.29, 1.82) is 0 Å². The molecule has 4 heteroatoms. The van der Waals surface area contributed by atoms with E-state index in [0.717, 1.165) is 27.5 Å². The highest BCUT2D eigenvalue weighted by Gasteiger charge is 2.07. The van der Waals surface area contributed by atoms with E-state index in [1.807, 2.05) is 37.3 Å². The van der Waals surface area contributed by atoms with E-state index in [9.17, 15) is 5.11 Å². The molecule has 0 amide bonds. The van der Waals surface area contributed by atoms with Crippen molar-refractivity contribution in [3.63, 3.8) is 0 Å². The summed E-state index contributed by atoms with van der Waals surface area (Å²) in [6.45, 7) is 2.33. The van der Waals surface area contributed by atoms with Gasteiger partial charge in [-0.1, -0.05) is 50.5 Å². The quantitative estimate of drug-likeness (QED) is 0.654. The van der Waals surface area contributed by atoms with Gasteiger partial charge in [0.1, 0.15) is 5.75 Å². The number of para-hydroxylation sites is 1. The average Bonchev–Trinajstić information content (AvgIpc) is 2.48. The molecule has 106 valence electrons. The van der Waals surface area contributed by atoms with Crippen molar-refractivity contribution in [3.05, 3.63) is 53.6 Å². The third-order valence-corrected chi connectivity index (χ3v) is 4.36. The number of ether oxygens (including phenoxy) is 2. The Kier molecular flexibility index (Phi) is 5.54. The number of hydrogen-bond acceptors (Lipinski definition) is 3. The molecule has 0 aliphatic rings. The molecule has 0 fully saturated rings. The van der Waals surface area contributed by atoms with Crippen LogP contribution in [0.5, 0.6) is 5.75 Å². The van der Waals surface area contributed by atoms with E-state index < -0.39 is 0 Å². The predicted molar refractivity (Wildman–Crippen MR) is 83.6 cm³/mol. The fourth-order valence-electron chi connectivity index (χ4n) is 1.94. The van der Waals surface area contributed by atoms with E-state index in [1.165, 1.54) is 0 Å². The molecule has 0 saturated carbocycles. The van der Waals surface area contributed by atoms with Crippen LogP contribution in [0.1, 0.15) is 11.1 Å². The van der Waals surface area contributed by atoms with Crippen molar-refractivity contribution in [2.24, 2.45) is 0 Å². The lowest BCUT2D eigenvalue weighted by molar-refractivity contribution is 0.0519. The summed E-state index contributed by atoms with van der Waals surface area (Å²) in [6, 6.07) is 14.1. The van der Waals surface area contributed by atoms with Gasteiger partial charge in [0.2, 0.25) is 0 Å². The summed E-state index contributed by atoms with van der Waals surface area (Å²) in [6.07, 6.45) is 0. The number of aryl methyl sites for hydroxylation is 1. The van der Waals surface area contributed by atoms with Crippen LogP contribution in [0, 0.1) is 6.92 Å². The molecule has 0 aromatic heterocycles. The molecule has 20 heavy (non-hydrogen) atoms. The van der Waals surface area contributed by atoms with Gasteiger partial charge < -0.3 is 14.6 Å². The molecule has 2 aromatic rings. The zero-order valence-corrected chi connectivity index (χ0v) is 12.7. The molecule has 0 heterocycles. The minimum atomic E-state index is 0.0606. The molecule has 0 radical (unpaired) electrons. The Morgan fingerprint density at radius 2 is 1.90 bits per heavy atom. The fourth-order valence-corrected chi connectivity index (χ4v) is 3.17. The van der Waals surface area contributed by atoms with E-state index in [1.54, 1.807) is 7.11 Å². The first-order valence-corrected chi connectivity index (χ1v) is 7.42. The van der Waals surface area contributed by atoms with Crippen molar-refractivity contribution in [3.8, 4) is 5.75 Å². The molecule has 1 N–H and O–H groups in total. The summed E-state index contributed by atoms with van der Waals surface area (Å²) in [5, 5.41) is 11.7. The van der Waals surface area contributed by atoms with Crippen LogP contribution in [0.25, 0.3) is 0 Å². The van der Waals surface area contributed by atoms with Crippen LogP contribution >= 0.6 is 8.58 Å². The molecule has 0 aliphatic heterocycles. The normalized spacial score (nSPS) is 11.2. The SMILES string of the molecule is COCOc1ccccc1Pc1ccc(C)cc1CO. The van der Waals surface area contributed by atoms with Gasteiger partial charge in [-0.05, 0) is 23.9 Å². The Labute approximate surface area is 121 Å². The van der Waals surface area contributed by atoms with Crippen molar-refractivity contribution < 1.29 is 14.6 Å². The maximum atomic E-state index is 9.48. The Balaban J connectivity index is 2.25. The van der Waals surface area contributed by atoms with Crippen molar-refractivity contribution in [2.75, 3.05) is 13.9 Å². The molecular weight excluding hydrogens is 271 g/mol. The first kappa shape index (κ1) is 15.0. The molecule has 0 spiro atoms. The predicted octanol–water partition coefficient (Wildman–Crippen LogP) is 2.10. The summed E-state index contributed by atoms with van der Waals surface area (Å²) < 4.78 is 10.5. The Morgan fingerprint density at radius 3 is 2.65 bits per heavy atom. The highest BCUT2D eigenvalue weighted by molar-refractivity contribution is 7.55. The molecule has 1 atom stereocenters. The second-order valence-corrected chi connectivity index (χ2v) is 5.82. The van der Waals surface area contributed by atoms with Gasteiger partial charge in [-0.15, -0.1) is 0 Å². The van der Waals surface area contributed by atoms with E-state index in [-0.39, 0.29) is 13.4 Å². The van der Waals surface area contributed by atoms with Gasteiger partial charge in [-0.2, -0.15) is 0 Å². The lowest BCUT2D eigenvalue weighted by atomic mass is 10.1. The van der Waals surface area contributed by atoms with Crippen LogP contribution in [0.3, 0.4) is 0 Å². The fraction of sp³-hybridized carbons (Fsp3) is 0.250. The number of aliphatic hydroxyl groups is 1. The van der Waals surface area contributed by atoms with Gasteiger partial charge in [0, 0.05) is 12.4 Å². The number of hydrogen-bond donors (Lipinski definition) is 1. The Bertz CT molecular complexity index is 569. The largest absolute Gasteiger partial charge is 0.467 e. The van der Waals surface area contributed by atoms with Crippen molar-refractivity contribution in [2.45, 2.75) is 13.5 Å². The van der Waals surface area contributed by atoms with Crippen LogP contribution in [-0.2, 0) is 11.3 Å². The molecule has 2 rings (SSSR count). The van der Waals surface area contributed by atoms with Gasteiger partial charge in [0.05, 0.1) is 6.61 Å². The van der Waals surface area contributed by atoms with Crippen LogP contribution in [0.4, 0.5) is 0 Å². The molecule has 3 nitrogen and oxygen atoms in total. The molecule has 0 aliphatic carbocycles. The maximum absolute atomic E-state index is 9.48. The standard InChI is InChI=1S/C16H19O3P/c1-12-7-8-15(13(9-12)10-17)20-16-6-4-3-5-14(16)19-11-18-2/h3-9,17,20H,10-11H2,1-2H3. The van der Waals surface area contributed by atoms with Crippen molar-refractivity contribution >= 4 is 19.2 Å². The highest BCUT2D eigenvalue weighted by Crippen LogP contribution is 2.21. The summed E-state index contributed by atoms with van der Waals surface area (Å²) in [5.74, 6) is 0.831. The van der Waals surface area contributed by atoms with Gasteiger partial charge >= 0.3 is 0 Å². The molecule has 0 saturated heterocycles. The summed E-state index contributed by atoms with van der Waals surface area (Å²) in [4.78, 5) is 0. The first-order valence-electron chi connectivity index (χ1n) is 6.42. The van der Waals surface area contributed by atoms with E-state index >= 15 is 0 Å². The second-order valence-electron chi connectivity index (χ2n) is 4.49. The van der Waals surface area contributed by atoms with Gasteiger partial charge in [0.25, 0.3) is 0 Å². The Hall–Kier alpha value is -1.41. The lowest BCUT2D eigenvalue weighted by Gasteiger charge is -2.13. The van der Waals surface area contributed by atoms with E-state index in [2.05, 4.69) is 12.1 Å². The number of methoxy groups -OCH3 is 1. The topological polar surface area (TPSA) is 38.7 Å². The molecule has 0 bridgehead atoms. The molecule has 1 unspecified atom stereocenters. The third kappa shape index (κ3) is 3.80. The van der Waals surface area contributed by atoms with Crippen LogP contribution in [0.2, 0.25) is 0 Å². The lowest BCUT2D eigenvalue weighted by Crippen LogP contribution is -2.13. The summed E-state index contributed by atoms with van der Waals surface area (Å²) >= 11 is 0. The van der Waals surface area contributed by atoms with Gasteiger partial charge in [0.15, 0.2) is 6.79 Å². The summed E-state index contributed by atoms with van der Waals surface area (Å²) in [7, 11) is 2.05. The van der Waals surface area contributed by atoms with Crippen LogP contribution < -0.4 is 15.3 Å². The zero-order valence-electron chi connectivity index (χ0n) is 11.7. The minimum absolute atomic E-state index is 0.0606.